The van der Waals surface area contributed by atoms with Crippen LogP contribution in [-0.4, -0.2) is 22.0 Å². The van der Waals surface area contributed by atoms with Gasteiger partial charge >= 0.3 is 0 Å². The van der Waals surface area contributed by atoms with Crippen LogP contribution < -0.4 is 11.1 Å². The van der Waals surface area contributed by atoms with Crippen LogP contribution in [0.3, 0.4) is 0 Å². The molecule has 0 spiro atoms. The highest BCUT2D eigenvalue weighted by molar-refractivity contribution is 8.14. The second-order valence-corrected chi connectivity index (χ2v) is 6.77. The van der Waals surface area contributed by atoms with E-state index in [9.17, 15) is 14.0 Å². The molecule has 0 saturated heterocycles. The molecule has 1 heterocycles. The summed E-state index contributed by atoms with van der Waals surface area (Å²) >= 11 is 0.609. The van der Waals surface area contributed by atoms with E-state index in [1.54, 1.807) is 60.9 Å². The van der Waals surface area contributed by atoms with Gasteiger partial charge < -0.3 is 11.1 Å². The first kappa shape index (κ1) is 19.7. The van der Waals surface area contributed by atoms with Crippen molar-refractivity contribution in [2.45, 2.75) is 6.54 Å². The maximum Gasteiger partial charge on any atom is 0.255 e. The average Bonchev–Trinajstić information content (AvgIpc) is 2.74. The number of carbonyl (C=O) groups excluding carboxylic acids is 2. The van der Waals surface area contributed by atoms with Gasteiger partial charge in [0.25, 0.3) is 5.91 Å². The molecule has 1 amide bonds. The third kappa shape index (κ3) is 4.62. The Morgan fingerprint density at radius 2 is 1.82 bits per heavy atom. The van der Waals surface area contributed by atoms with Crippen molar-refractivity contribution < 1.29 is 14.0 Å². The van der Waals surface area contributed by atoms with Crippen molar-refractivity contribution in [3.8, 4) is 11.1 Å². The Morgan fingerprint density at radius 1 is 1.04 bits per heavy atom. The topological polar surface area (TPSA) is 85.1 Å². The second kappa shape index (κ2) is 9.25. The molecule has 1 aromatic heterocycles. The number of hydrogen-bond donors (Lipinski definition) is 2. The fraction of sp³-hybridized carbons (Fsp3) is 0.0952. The molecule has 28 heavy (non-hydrogen) atoms. The number of nitrogens with one attached hydrogen (secondary N) is 1. The summed E-state index contributed by atoms with van der Waals surface area (Å²) in [6.45, 7) is 0.212. The van der Waals surface area contributed by atoms with E-state index in [1.165, 1.54) is 0 Å². The van der Waals surface area contributed by atoms with Gasteiger partial charge in [-0.15, -0.1) is 0 Å². The van der Waals surface area contributed by atoms with E-state index < -0.39 is 6.01 Å². The summed E-state index contributed by atoms with van der Waals surface area (Å²) in [5.41, 5.74) is 9.77. The quantitative estimate of drug-likeness (QED) is 0.651. The number of thioether (sulfide) groups is 1. The van der Waals surface area contributed by atoms with Gasteiger partial charge in [0.15, 0.2) is 0 Å². The van der Waals surface area contributed by atoms with Crippen LogP contribution in [0.15, 0.2) is 67.0 Å². The molecule has 142 valence electrons. The first-order valence-corrected chi connectivity index (χ1v) is 9.49. The summed E-state index contributed by atoms with van der Waals surface area (Å²) in [5.74, 6) is -0.242. The predicted octanol–water partition coefficient (Wildman–Crippen LogP) is 4.26. The highest BCUT2D eigenvalue weighted by Gasteiger charge is 2.13. The summed E-state index contributed by atoms with van der Waals surface area (Å²) < 4.78 is 12.4. The molecule has 0 saturated carbocycles. The van der Waals surface area contributed by atoms with Crippen LogP contribution in [0.25, 0.3) is 11.1 Å². The molecule has 0 aliphatic rings. The lowest BCUT2D eigenvalue weighted by Gasteiger charge is -2.12. The Kier molecular flexibility index (Phi) is 6.52. The lowest BCUT2D eigenvalue weighted by atomic mass is 9.96. The minimum absolute atomic E-state index is 0.212. The Balaban J connectivity index is 1.89. The van der Waals surface area contributed by atoms with Gasteiger partial charge in [0.2, 0.25) is 5.12 Å². The Labute approximate surface area is 166 Å². The number of aromatic nitrogens is 1. The molecule has 3 aromatic rings. The normalized spacial score (nSPS) is 10.5. The van der Waals surface area contributed by atoms with E-state index in [2.05, 4.69) is 10.3 Å². The highest BCUT2D eigenvalue weighted by atomic mass is 32.2. The Bertz CT molecular complexity index is 996. The summed E-state index contributed by atoms with van der Waals surface area (Å²) in [6, 6.07) is 14.9. The van der Waals surface area contributed by atoms with Gasteiger partial charge in [0, 0.05) is 35.8 Å². The second-order valence-electron chi connectivity index (χ2n) is 5.89. The molecule has 2 aromatic carbocycles. The number of halogens is 1. The maximum absolute atomic E-state index is 12.5. The molecule has 0 atom stereocenters. The molecule has 5 nitrogen and oxygen atoms in total. The first-order valence-electron chi connectivity index (χ1n) is 8.50. The molecule has 3 N–H and O–H groups in total. The van der Waals surface area contributed by atoms with Crippen LogP contribution in [0.5, 0.6) is 0 Å². The first-order chi connectivity index (χ1) is 13.6. The minimum Gasteiger partial charge on any atom is -0.326 e. The van der Waals surface area contributed by atoms with E-state index >= 15 is 0 Å². The third-order valence-electron chi connectivity index (χ3n) is 4.12. The zero-order chi connectivity index (χ0) is 19.9. The van der Waals surface area contributed by atoms with E-state index in [0.717, 1.165) is 16.7 Å². The molecule has 3 rings (SSSR count). The summed E-state index contributed by atoms with van der Waals surface area (Å²) in [5, 5.41) is 2.48. The molecular weight excluding hydrogens is 377 g/mol. The SMILES string of the molecule is NCc1cc(C(=O)SCF)ccc1-c1cccc(C(=O)Nc2ccncc2)c1. The Hall–Kier alpha value is -3.03. The predicted molar refractivity (Wildman–Crippen MR) is 110 cm³/mol. The third-order valence-corrected chi connectivity index (χ3v) is 4.73. The number of carbonyl (C=O) groups is 2. The van der Waals surface area contributed by atoms with Gasteiger partial charge in [-0.1, -0.05) is 18.2 Å². The number of alkyl halides is 1. The van der Waals surface area contributed by atoms with E-state index in [1.807, 2.05) is 6.07 Å². The summed E-state index contributed by atoms with van der Waals surface area (Å²) in [4.78, 5) is 28.4. The number of amides is 1. The lowest BCUT2D eigenvalue weighted by molar-refractivity contribution is 0.102. The Morgan fingerprint density at radius 3 is 2.54 bits per heavy atom. The van der Waals surface area contributed by atoms with Crippen molar-refractivity contribution in [1.82, 2.24) is 4.98 Å². The van der Waals surface area contributed by atoms with Crippen LogP contribution >= 0.6 is 11.8 Å². The molecule has 0 fully saturated rings. The number of anilines is 1. The van der Waals surface area contributed by atoms with Crippen molar-refractivity contribution in [2.75, 3.05) is 11.3 Å². The van der Waals surface area contributed by atoms with E-state index in [4.69, 9.17) is 5.73 Å². The fourth-order valence-corrected chi connectivity index (χ4v) is 3.16. The fourth-order valence-electron chi connectivity index (χ4n) is 2.77. The standard InChI is InChI=1S/C21H18FN3O2S/c22-13-28-21(27)16-4-5-19(17(11-16)12-23)14-2-1-3-15(10-14)20(26)25-18-6-8-24-9-7-18/h1-11H,12-13,23H2,(H,24,25,26). The summed E-state index contributed by atoms with van der Waals surface area (Å²) in [7, 11) is 0. The minimum atomic E-state index is -0.771. The molecule has 0 unspecified atom stereocenters. The molecule has 0 bridgehead atoms. The van der Waals surface area contributed by atoms with Gasteiger partial charge in [-0.2, -0.15) is 0 Å². The largest absolute Gasteiger partial charge is 0.326 e. The number of rotatable bonds is 6. The molecular formula is C21H18FN3O2S. The van der Waals surface area contributed by atoms with Crippen LogP contribution in [0.1, 0.15) is 26.3 Å². The van der Waals surface area contributed by atoms with Gasteiger partial charge in [-0.05, 0) is 64.9 Å². The summed E-state index contributed by atoms with van der Waals surface area (Å²) in [6.07, 6.45) is 3.20. The number of nitrogens with two attached hydrogens (primary N) is 1. The van der Waals surface area contributed by atoms with Gasteiger partial charge in [-0.25, -0.2) is 4.39 Å². The van der Waals surface area contributed by atoms with Gasteiger partial charge in [-0.3, -0.25) is 14.6 Å². The van der Waals surface area contributed by atoms with Crippen LogP contribution in [-0.2, 0) is 6.54 Å². The van der Waals surface area contributed by atoms with Crippen molar-refractivity contribution in [2.24, 2.45) is 5.73 Å². The maximum atomic E-state index is 12.5. The molecule has 0 aliphatic carbocycles. The monoisotopic (exact) mass is 395 g/mol. The van der Waals surface area contributed by atoms with Crippen molar-refractivity contribution in [1.29, 1.82) is 0 Å². The van der Waals surface area contributed by atoms with Crippen molar-refractivity contribution >= 4 is 28.5 Å². The molecule has 7 heteroatoms. The van der Waals surface area contributed by atoms with Crippen LogP contribution in [0, 0.1) is 0 Å². The smallest absolute Gasteiger partial charge is 0.255 e. The number of hydrogen-bond acceptors (Lipinski definition) is 5. The number of nitrogens with zero attached hydrogens (tertiary/aromatic N) is 1. The lowest BCUT2D eigenvalue weighted by Crippen LogP contribution is -2.12. The van der Waals surface area contributed by atoms with Gasteiger partial charge in [0.1, 0.15) is 6.01 Å². The number of pyridine rings is 1. The van der Waals surface area contributed by atoms with Crippen molar-refractivity contribution in [3.63, 3.8) is 0 Å². The molecule has 0 aliphatic heterocycles. The zero-order valence-electron chi connectivity index (χ0n) is 14.9. The zero-order valence-corrected chi connectivity index (χ0v) is 15.7. The van der Waals surface area contributed by atoms with Crippen LogP contribution in [0.2, 0.25) is 0 Å². The van der Waals surface area contributed by atoms with Crippen LogP contribution in [0.4, 0.5) is 10.1 Å². The van der Waals surface area contributed by atoms with E-state index in [0.29, 0.717) is 28.6 Å². The van der Waals surface area contributed by atoms with E-state index in [-0.39, 0.29) is 17.6 Å². The van der Waals surface area contributed by atoms with Gasteiger partial charge in [0.05, 0.1) is 0 Å². The average molecular weight is 395 g/mol. The number of benzene rings is 2. The molecule has 0 radical (unpaired) electrons. The highest BCUT2D eigenvalue weighted by Crippen LogP contribution is 2.27. The van der Waals surface area contributed by atoms with Crippen molar-refractivity contribution in [3.05, 3.63) is 83.7 Å².